The van der Waals surface area contributed by atoms with Gasteiger partial charge in [0.25, 0.3) is 0 Å². The van der Waals surface area contributed by atoms with Gasteiger partial charge in [-0.3, -0.25) is 0 Å². The number of likely N-dealkylation sites (N-methyl/N-ethyl adjacent to an activating group) is 1. The maximum Gasteiger partial charge on any atom is 0.0300 e. The van der Waals surface area contributed by atoms with Crippen LogP contribution in [-0.4, -0.2) is 32.1 Å². The lowest BCUT2D eigenvalue weighted by molar-refractivity contribution is 0.389. The van der Waals surface area contributed by atoms with Crippen LogP contribution in [0.1, 0.15) is 18.5 Å². The molecule has 0 aromatic carbocycles. The monoisotopic (exact) mass is 198 g/mol. The quantitative estimate of drug-likeness (QED) is 0.778. The van der Waals surface area contributed by atoms with Crippen molar-refractivity contribution in [2.24, 2.45) is 0 Å². The molecule has 1 atom stereocenters. The molecule has 1 N–H and O–H groups in total. The van der Waals surface area contributed by atoms with E-state index in [1.807, 2.05) is 0 Å². The topological polar surface area (TPSA) is 15.3 Å². The Kier molecular flexibility index (Phi) is 4.42. The van der Waals surface area contributed by atoms with Crippen molar-refractivity contribution in [2.45, 2.75) is 13.0 Å². The molecular weight excluding hydrogens is 180 g/mol. The average molecular weight is 198 g/mol. The molecule has 0 amide bonds. The van der Waals surface area contributed by atoms with Gasteiger partial charge in [0.05, 0.1) is 0 Å². The fourth-order valence-electron chi connectivity index (χ4n) is 1.14. The van der Waals surface area contributed by atoms with Gasteiger partial charge in [-0.2, -0.15) is 11.3 Å². The number of rotatable bonds is 5. The van der Waals surface area contributed by atoms with Gasteiger partial charge < -0.3 is 10.2 Å². The standard InChI is InChI=1S/C10H18N2S/c1-9(10-4-7-13-8-10)11-5-6-12(2)3/h4,7-9,11H,5-6H2,1-3H3. The van der Waals surface area contributed by atoms with Crippen molar-refractivity contribution in [3.05, 3.63) is 22.4 Å². The Morgan fingerprint density at radius 2 is 2.31 bits per heavy atom. The van der Waals surface area contributed by atoms with Crippen molar-refractivity contribution in [1.82, 2.24) is 10.2 Å². The molecule has 0 aliphatic rings. The van der Waals surface area contributed by atoms with E-state index in [1.165, 1.54) is 5.56 Å². The molecule has 13 heavy (non-hydrogen) atoms. The summed E-state index contributed by atoms with van der Waals surface area (Å²) >= 11 is 1.76. The zero-order valence-corrected chi connectivity index (χ0v) is 9.40. The van der Waals surface area contributed by atoms with Crippen LogP contribution in [0.2, 0.25) is 0 Å². The van der Waals surface area contributed by atoms with E-state index in [0.29, 0.717) is 6.04 Å². The lowest BCUT2D eigenvalue weighted by Gasteiger charge is -2.15. The molecular formula is C10H18N2S. The van der Waals surface area contributed by atoms with Crippen LogP contribution in [-0.2, 0) is 0 Å². The predicted molar refractivity (Wildman–Crippen MR) is 59.3 cm³/mol. The molecule has 0 saturated carbocycles. The molecule has 0 saturated heterocycles. The summed E-state index contributed by atoms with van der Waals surface area (Å²) in [5.74, 6) is 0. The van der Waals surface area contributed by atoms with Crippen molar-refractivity contribution < 1.29 is 0 Å². The van der Waals surface area contributed by atoms with Crippen LogP contribution < -0.4 is 5.32 Å². The third-order valence-electron chi connectivity index (χ3n) is 2.05. The van der Waals surface area contributed by atoms with Gasteiger partial charge in [0.15, 0.2) is 0 Å². The molecule has 1 aromatic heterocycles. The van der Waals surface area contributed by atoms with Gasteiger partial charge in [0, 0.05) is 19.1 Å². The van der Waals surface area contributed by atoms with E-state index in [4.69, 9.17) is 0 Å². The maximum atomic E-state index is 3.48. The molecule has 0 bridgehead atoms. The van der Waals surface area contributed by atoms with Crippen LogP contribution >= 0.6 is 11.3 Å². The zero-order valence-electron chi connectivity index (χ0n) is 8.58. The minimum absolute atomic E-state index is 0.478. The SMILES string of the molecule is CC(NCCN(C)C)c1ccsc1. The number of nitrogens with one attached hydrogen (secondary N) is 1. The Balaban J connectivity index is 2.22. The third kappa shape index (κ3) is 3.89. The predicted octanol–water partition coefficient (Wildman–Crippen LogP) is 1.96. The van der Waals surface area contributed by atoms with Crippen LogP contribution in [0.15, 0.2) is 16.8 Å². The highest BCUT2D eigenvalue weighted by molar-refractivity contribution is 7.07. The highest BCUT2D eigenvalue weighted by Gasteiger charge is 2.03. The zero-order chi connectivity index (χ0) is 9.68. The Morgan fingerprint density at radius 3 is 2.85 bits per heavy atom. The smallest absolute Gasteiger partial charge is 0.0300 e. The van der Waals surface area contributed by atoms with Crippen LogP contribution in [0.3, 0.4) is 0 Å². The molecule has 74 valence electrons. The number of nitrogens with zero attached hydrogens (tertiary/aromatic N) is 1. The van der Waals surface area contributed by atoms with Crippen molar-refractivity contribution >= 4 is 11.3 Å². The minimum atomic E-state index is 0.478. The summed E-state index contributed by atoms with van der Waals surface area (Å²) in [5, 5.41) is 7.81. The van der Waals surface area contributed by atoms with Crippen molar-refractivity contribution in [3.63, 3.8) is 0 Å². The van der Waals surface area contributed by atoms with E-state index in [9.17, 15) is 0 Å². The molecule has 2 nitrogen and oxygen atoms in total. The molecule has 1 heterocycles. The summed E-state index contributed by atoms with van der Waals surface area (Å²) in [4.78, 5) is 2.19. The van der Waals surface area contributed by atoms with Crippen LogP contribution in [0, 0.1) is 0 Å². The van der Waals surface area contributed by atoms with E-state index < -0.39 is 0 Å². The van der Waals surface area contributed by atoms with E-state index in [2.05, 4.69) is 48.1 Å². The second-order valence-corrected chi connectivity index (χ2v) is 4.32. The molecule has 1 aromatic rings. The second kappa shape index (κ2) is 5.37. The lowest BCUT2D eigenvalue weighted by Crippen LogP contribution is -2.28. The Labute approximate surface area is 84.6 Å². The van der Waals surface area contributed by atoms with Crippen molar-refractivity contribution in [3.8, 4) is 0 Å². The van der Waals surface area contributed by atoms with Crippen LogP contribution in [0.5, 0.6) is 0 Å². The molecule has 0 aliphatic carbocycles. The first-order valence-electron chi connectivity index (χ1n) is 4.60. The lowest BCUT2D eigenvalue weighted by atomic mass is 10.2. The Hall–Kier alpha value is -0.380. The van der Waals surface area contributed by atoms with Crippen LogP contribution in [0.4, 0.5) is 0 Å². The average Bonchev–Trinajstić information content (AvgIpc) is 2.55. The molecule has 0 aliphatic heterocycles. The van der Waals surface area contributed by atoms with E-state index >= 15 is 0 Å². The Morgan fingerprint density at radius 1 is 1.54 bits per heavy atom. The van der Waals surface area contributed by atoms with Gasteiger partial charge in [-0.05, 0) is 43.4 Å². The fraction of sp³-hybridized carbons (Fsp3) is 0.600. The summed E-state index contributed by atoms with van der Waals surface area (Å²) in [6.07, 6.45) is 0. The van der Waals surface area contributed by atoms with Crippen molar-refractivity contribution in [2.75, 3.05) is 27.2 Å². The first kappa shape index (κ1) is 10.7. The second-order valence-electron chi connectivity index (χ2n) is 3.54. The van der Waals surface area contributed by atoms with Gasteiger partial charge in [-0.1, -0.05) is 0 Å². The minimum Gasteiger partial charge on any atom is -0.309 e. The van der Waals surface area contributed by atoms with Gasteiger partial charge >= 0.3 is 0 Å². The normalized spacial score (nSPS) is 13.5. The highest BCUT2D eigenvalue weighted by Crippen LogP contribution is 2.14. The summed E-state index contributed by atoms with van der Waals surface area (Å²) in [6.45, 7) is 4.34. The van der Waals surface area contributed by atoms with Gasteiger partial charge in [0.1, 0.15) is 0 Å². The number of thiophene rings is 1. The molecule has 0 spiro atoms. The summed E-state index contributed by atoms with van der Waals surface area (Å²) < 4.78 is 0. The highest BCUT2D eigenvalue weighted by atomic mass is 32.1. The van der Waals surface area contributed by atoms with Crippen molar-refractivity contribution in [1.29, 1.82) is 0 Å². The van der Waals surface area contributed by atoms with Gasteiger partial charge in [0.2, 0.25) is 0 Å². The van der Waals surface area contributed by atoms with Crippen LogP contribution in [0.25, 0.3) is 0 Å². The number of hydrogen-bond donors (Lipinski definition) is 1. The molecule has 1 unspecified atom stereocenters. The van der Waals surface area contributed by atoms with E-state index in [0.717, 1.165) is 13.1 Å². The summed E-state index contributed by atoms with van der Waals surface area (Å²) in [6, 6.07) is 2.66. The first-order chi connectivity index (χ1) is 6.20. The molecule has 0 radical (unpaired) electrons. The summed E-state index contributed by atoms with van der Waals surface area (Å²) in [5.41, 5.74) is 1.39. The Bertz CT molecular complexity index is 219. The number of hydrogen-bond acceptors (Lipinski definition) is 3. The fourth-order valence-corrected chi connectivity index (χ4v) is 1.90. The van der Waals surface area contributed by atoms with E-state index in [-0.39, 0.29) is 0 Å². The molecule has 1 rings (SSSR count). The molecule has 0 fully saturated rings. The van der Waals surface area contributed by atoms with Gasteiger partial charge in [-0.15, -0.1) is 0 Å². The van der Waals surface area contributed by atoms with Gasteiger partial charge in [-0.25, -0.2) is 0 Å². The first-order valence-corrected chi connectivity index (χ1v) is 5.54. The largest absolute Gasteiger partial charge is 0.309 e. The molecule has 3 heteroatoms. The summed E-state index contributed by atoms with van der Waals surface area (Å²) in [7, 11) is 4.19. The van der Waals surface area contributed by atoms with E-state index in [1.54, 1.807) is 11.3 Å². The maximum absolute atomic E-state index is 3.48. The third-order valence-corrected chi connectivity index (χ3v) is 2.75.